The summed E-state index contributed by atoms with van der Waals surface area (Å²) < 4.78 is 19.4. The zero-order valence-corrected chi connectivity index (χ0v) is 20.3. The van der Waals surface area contributed by atoms with E-state index in [0.717, 1.165) is 76.6 Å². The SMILES string of the molecule is CCCCOCCCNC(=NC)NCC1CCN(Cc2ccccc2F)CC1.I. The largest absolute Gasteiger partial charge is 0.381 e. The highest BCUT2D eigenvalue weighted by Crippen LogP contribution is 2.19. The van der Waals surface area contributed by atoms with Crippen molar-refractivity contribution >= 4 is 29.9 Å². The third kappa shape index (κ3) is 10.6. The highest BCUT2D eigenvalue weighted by molar-refractivity contribution is 14.0. The Morgan fingerprint density at radius 3 is 2.59 bits per heavy atom. The van der Waals surface area contributed by atoms with E-state index in [0.29, 0.717) is 12.5 Å². The maximum atomic E-state index is 13.8. The molecule has 0 aromatic heterocycles. The normalized spacial score (nSPS) is 15.8. The van der Waals surface area contributed by atoms with Gasteiger partial charge in [-0.3, -0.25) is 9.89 Å². The molecule has 166 valence electrons. The number of piperidine rings is 1. The van der Waals surface area contributed by atoms with Gasteiger partial charge in [-0.2, -0.15) is 0 Å². The number of ether oxygens (including phenoxy) is 1. The number of nitrogens with zero attached hydrogens (tertiary/aromatic N) is 2. The first kappa shape index (κ1) is 26.1. The summed E-state index contributed by atoms with van der Waals surface area (Å²) >= 11 is 0. The fourth-order valence-electron chi connectivity index (χ4n) is 3.41. The smallest absolute Gasteiger partial charge is 0.190 e. The Morgan fingerprint density at radius 1 is 1.17 bits per heavy atom. The second kappa shape index (κ2) is 15.8. The predicted molar refractivity (Wildman–Crippen MR) is 130 cm³/mol. The highest BCUT2D eigenvalue weighted by atomic mass is 127. The molecule has 1 aromatic carbocycles. The first-order valence-electron chi connectivity index (χ1n) is 10.7. The molecule has 1 fully saturated rings. The van der Waals surface area contributed by atoms with Gasteiger partial charge in [-0.1, -0.05) is 31.5 Å². The second-order valence-electron chi connectivity index (χ2n) is 7.51. The molecule has 1 aliphatic heterocycles. The van der Waals surface area contributed by atoms with Crippen LogP contribution < -0.4 is 10.6 Å². The Morgan fingerprint density at radius 2 is 1.90 bits per heavy atom. The third-order valence-corrected chi connectivity index (χ3v) is 5.24. The van der Waals surface area contributed by atoms with Gasteiger partial charge in [0.25, 0.3) is 0 Å². The summed E-state index contributed by atoms with van der Waals surface area (Å²) in [5.41, 5.74) is 0.794. The van der Waals surface area contributed by atoms with Crippen LogP contribution in [0.5, 0.6) is 0 Å². The van der Waals surface area contributed by atoms with E-state index in [9.17, 15) is 4.39 Å². The molecule has 0 aliphatic carbocycles. The van der Waals surface area contributed by atoms with Crippen LogP contribution in [0.4, 0.5) is 4.39 Å². The van der Waals surface area contributed by atoms with Gasteiger partial charge in [0.05, 0.1) is 0 Å². The van der Waals surface area contributed by atoms with Crippen molar-refractivity contribution in [2.75, 3.05) is 46.4 Å². The average Bonchev–Trinajstić information content (AvgIpc) is 2.72. The van der Waals surface area contributed by atoms with Gasteiger partial charge >= 0.3 is 0 Å². The molecule has 0 bridgehead atoms. The first-order valence-corrected chi connectivity index (χ1v) is 10.7. The van der Waals surface area contributed by atoms with E-state index in [2.05, 4.69) is 27.4 Å². The third-order valence-electron chi connectivity index (χ3n) is 5.24. The van der Waals surface area contributed by atoms with Crippen molar-refractivity contribution in [1.82, 2.24) is 15.5 Å². The summed E-state index contributed by atoms with van der Waals surface area (Å²) in [6, 6.07) is 7.08. The molecule has 0 amide bonds. The summed E-state index contributed by atoms with van der Waals surface area (Å²) in [6.07, 6.45) is 5.55. The van der Waals surface area contributed by atoms with Gasteiger partial charge in [0, 0.05) is 45.5 Å². The fourth-order valence-corrected chi connectivity index (χ4v) is 3.41. The second-order valence-corrected chi connectivity index (χ2v) is 7.51. The van der Waals surface area contributed by atoms with Crippen LogP contribution in [0.3, 0.4) is 0 Å². The van der Waals surface area contributed by atoms with Crippen LogP contribution in [-0.2, 0) is 11.3 Å². The molecule has 0 spiro atoms. The lowest BCUT2D eigenvalue weighted by Gasteiger charge is -2.32. The molecule has 1 saturated heterocycles. The van der Waals surface area contributed by atoms with Crippen molar-refractivity contribution in [3.63, 3.8) is 0 Å². The molecule has 1 aromatic rings. The number of unbranched alkanes of at least 4 members (excludes halogenated alkanes) is 1. The number of guanidine groups is 1. The molecule has 7 heteroatoms. The monoisotopic (exact) mass is 520 g/mol. The molecule has 0 saturated carbocycles. The molecule has 0 radical (unpaired) electrons. The van der Waals surface area contributed by atoms with Crippen LogP contribution in [0, 0.1) is 11.7 Å². The lowest BCUT2D eigenvalue weighted by atomic mass is 9.96. The average molecular weight is 520 g/mol. The van der Waals surface area contributed by atoms with Crippen LogP contribution >= 0.6 is 24.0 Å². The van der Waals surface area contributed by atoms with Gasteiger partial charge in [0.15, 0.2) is 5.96 Å². The minimum absolute atomic E-state index is 0. The Balaban J connectivity index is 0.00000420. The first-order chi connectivity index (χ1) is 13.7. The lowest BCUT2D eigenvalue weighted by molar-refractivity contribution is 0.129. The Hall–Kier alpha value is -0.930. The molecule has 0 atom stereocenters. The Labute approximate surface area is 192 Å². The van der Waals surface area contributed by atoms with Crippen molar-refractivity contribution in [2.24, 2.45) is 10.9 Å². The maximum Gasteiger partial charge on any atom is 0.190 e. The van der Waals surface area contributed by atoms with E-state index >= 15 is 0 Å². The van der Waals surface area contributed by atoms with Crippen LogP contribution in [0.25, 0.3) is 0 Å². The number of halogens is 2. The van der Waals surface area contributed by atoms with Crippen molar-refractivity contribution in [2.45, 2.75) is 45.6 Å². The lowest BCUT2D eigenvalue weighted by Crippen LogP contribution is -2.43. The van der Waals surface area contributed by atoms with Gasteiger partial charge in [-0.25, -0.2) is 4.39 Å². The summed E-state index contributed by atoms with van der Waals surface area (Å²) in [5.74, 6) is 1.40. The molecule has 29 heavy (non-hydrogen) atoms. The van der Waals surface area contributed by atoms with E-state index in [1.165, 1.54) is 6.42 Å². The number of likely N-dealkylation sites (tertiary alicyclic amines) is 1. The van der Waals surface area contributed by atoms with Gasteiger partial charge in [-0.05, 0) is 50.8 Å². The Bertz CT molecular complexity index is 580. The molecule has 2 N–H and O–H groups in total. The van der Waals surface area contributed by atoms with E-state index in [-0.39, 0.29) is 29.8 Å². The summed E-state index contributed by atoms with van der Waals surface area (Å²) in [4.78, 5) is 6.65. The van der Waals surface area contributed by atoms with Crippen molar-refractivity contribution in [3.8, 4) is 0 Å². The summed E-state index contributed by atoms with van der Waals surface area (Å²) in [6.45, 7) is 8.37. The standard InChI is InChI=1S/C22H37FN4O.HI/c1-3-4-15-28-16-7-12-25-22(24-2)26-17-19-10-13-27(14-11-19)18-20-8-5-6-9-21(20)23;/h5-6,8-9,19H,3-4,7,10-18H2,1-2H3,(H2,24,25,26);1H. The Kier molecular flexibility index (Phi) is 14.3. The number of hydrogen-bond donors (Lipinski definition) is 2. The van der Waals surface area contributed by atoms with Crippen LogP contribution in [0.15, 0.2) is 29.3 Å². The maximum absolute atomic E-state index is 13.8. The van der Waals surface area contributed by atoms with E-state index < -0.39 is 0 Å². The van der Waals surface area contributed by atoms with Crippen LogP contribution in [0.1, 0.15) is 44.6 Å². The number of hydrogen-bond acceptors (Lipinski definition) is 3. The van der Waals surface area contributed by atoms with Gasteiger partial charge in [0.1, 0.15) is 5.82 Å². The topological polar surface area (TPSA) is 48.9 Å². The molecule has 1 aliphatic rings. The van der Waals surface area contributed by atoms with Crippen molar-refractivity contribution in [1.29, 1.82) is 0 Å². The molecule has 1 heterocycles. The van der Waals surface area contributed by atoms with Gasteiger partial charge in [-0.15, -0.1) is 24.0 Å². The van der Waals surface area contributed by atoms with E-state index in [1.54, 1.807) is 12.1 Å². The zero-order valence-electron chi connectivity index (χ0n) is 18.0. The number of aliphatic imine (C=N–C) groups is 1. The number of nitrogens with one attached hydrogen (secondary N) is 2. The highest BCUT2D eigenvalue weighted by Gasteiger charge is 2.20. The van der Waals surface area contributed by atoms with E-state index in [1.807, 2.05) is 19.2 Å². The number of benzene rings is 1. The van der Waals surface area contributed by atoms with Crippen LogP contribution in [0.2, 0.25) is 0 Å². The predicted octanol–water partition coefficient (Wildman–Crippen LogP) is 4.03. The molecular formula is C22H38FIN4O. The summed E-state index contributed by atoms with van der Waals surface area (Å²) in [7, 11) is 1.81. The molecule has 0 unspecified atom stereocenters. The molecular weight excluding hydrogens is 482 g/mol. The zero-order chi connectivity index (χ0) is 20.0. The van der Waals surface area contributed by atoms with Gasteiger partial charge in [0.2, 0.25) is 0 Å². The van der Waals surface area contributed by atoms with E-state index in [4.69, 9.17) is 4.74 Å². The fraction of sp³-hybridized carbons (Fsp3) is 0.682. The van der Waals surface area contributed by atoms with Crippen molar-refractivity contribution in [3.05, 3.63) is 35.6 Å². The summed E-state index contributed by atoms with van der Waals surface area (Å²) in [5, 5.41) is 6.80. The van der Waals surface area contributed by atoms with Crippen LogP contribution in [-0.4, -0.2) is 57.3 Å². The number of rotatable bonds is 11. The molecule has 2 rings (SSSR count). The minimum Gasteiger partial charge on any atom is -0.381 e. The molecule has 5 nitrogen and oxygen atoms in total. The quantitative estimate of drug-likeness (QED) is 0.200. The van der Waals surface area contributed by atoms with Crippen molar-refractivity contribution < 1.29 is 9.13 Å². The van der Waals surface area contributed by atoms with Gasteiger partial charge < -0.3 is 15.4 Å². The minimum atomic E-state index is -0.100.